The van der Waals surface area contributed by atoms with E-state index in [4.69, 9.17) is 0 Å². The van der Waals surface area contributed by atoms with E-state index in [1.807, 2.05) is 0 Å². The van der Waals surface area contributed by atoms with Crippen LogP contribution in [0.4, 0.5) is 25.1 Å². The van der Waals surface area contributed by atoms with Crippen molar-refractivity contribution in [2.45, 2.75) is 0 Å². The molecular weight excluding hydrogens is 325 g/mol. The monoisotopic (exact) mass is 333 g/mol. The van der Waals surface area contributed by atoms with E-state index < -0.39 is 37.3 Å². The van der Waals surface area contributed by atoms with Crippen LogP contribution in [0.25, 0.3) is 6.08 Å². The molecule has 5 nitrogen and oxygen atoms in total. The lowest BCUT2D eigenvalue weighted by molar-refractivity contribution is -0.384. The van der Waals surface area contributed by atoms with Crippen LogP contribution in [0.3, 0.4) is 0 Å². The average molecular weight is 333 g/mol. The standard InChI is InChI=1S/C10H8F5NO4S/c1-20-10(17)9(21(11,12,13,14)15)6-7-2-4-8(5-3-7)16(18)19/h2-6H,1H3/b9-6+. The predicted octanol–water partition coefficient (Wildman–Crippen LogP) is 4.41. The number of nitro groups is 1. The van der Waals surface area contributed by atoms with Crippen LogP contribution >= 0.6 is 10.2 Å². The van der Waals surface area contributed by atoms with Gasteiger partial charge in [0.1, 0.15) is 0 Å². The van der Waals surface area contributed by atoms with Crippen molar-refractivity contribution in [1.29, 1.82) is 0 Å². The second kappa shape index (κ2) is 4.41. The number of hydrogen-bond acceptors (Lipinski definition) is 4. The second-order valence-corrected chi connectivity index (χ2v) is 6.20. The van der Waals surface area contributed by atoms with Crippen molar-refractivity contribution in [3.63, 3.8) is 0 Å². The normalized spacial score (nSPS) is 15.8. The lowest BCUT2D eigenvalue weighted by atomic mass is 10.2. The Bertz CT molecular complexity index is 623. The number of halogens is 5. The second-order valence-electron chi connectivity index (χ2n) is 3.82. The van der Waals surface area contributed by atoms with Crippen LogP contribution in [0.15, 0.2) is 29.2 Å². The summed E-state index contributed by atoms with van der Waals surface area (Å²) in [6.45, 7) is 0. The summed E-state index contributed by atoms with van der Waals surface area (Å²) >= 11 is 0. The third kappa shape index (κ3) is 4.41. The summed E-state index contributed by atoms with van der Waals surface area (Å²) in [5.74, 6) is -2.24. The van der Waals surface area contributed by atoms with E-state index in [0.29, 0.717) is 7.11 Å². The topological polar surface area (TPSA) is 69.4 Å². The lowest BCUT2D eigenvalue weighted by Crippen LogP contribution is -2.18. The highest BCUT2D eigenvalue weighted by Gasteiger charge is 2.70. The number of ether oxygens (including phenoxy) is 1. The molecule has 0 bridgehead atoms. The fourth-order valence-corrected chi connectivity index (χ4v) is 2.03. The summed E-state index contributed by atoms with van der Waals surface area (Å²) in [4.78, 5) is 17.8. The number of nitrogens with zero attached hydrogens (tertiary/aromatic N) is 1. The van der Waals surface area contributed by atoms with Gasteiger partial charge in [0.05, 0.1) is 12.0 Å². The van der Waals surface area contributed by atoms with Crippen molar-refractivity contribution in [1.82, 2.24) is 0 Å². The number of hydrogen-bond donors (Lipinski definition) is 0. The van der Waals surface area contributed by atoms with Crippen LogP contribution in [-0.2, 0) is 9.53 Å². The van der Waals surface area contributed by atoms with Crippen LogP contribution in [0, 0.1) is 10.1 Å². The Balaban J connectivity index is 3.41. The van der Waals surface area contributed by atoms with Crippen LogP contribution in [-0.4, -0.2) is 18.0 Å². The molecule has 0 amide bonds. The number of non-ortho nitro benzene ring substituents is 1. The lowest BCUT2D eigenvalue weighted by Gasteiger charge is -2.40. The Kier molecular flexibility index (Phi) is 3.55. The van der Waals surface area contributed by atoms with E-state index in [0.717, 1.165) is 24.3 Å². The van der Waals surface area contributed by atoms with Gasteiger partial charge in [0.2, 0.25) is 0 Å². The van der Waals surface area contributed by atoms with Gasteiger partial charge >= 0.3 is 16.2 Å². The molecule has 0 N–H and O–H groups in total. The molecular formula is C10H8F5NO4S. The highest BCUT2D eigenvalue weighted by atomic mass is 32.5. The fourth-order valence-electron chi connectivity index (χ4n) is 1.27. The molecule has 0 spiro atoms. The first-order chi connectivity index (χ1) is 9.24. The van der Waals surface area contributed by atoms with Crippen molar-refractivity contribution in [2.24, 2.45) is 0 Å². The van der Waals surface area contributed by atoms with Crippen molar-refractivity contribution in [2.75, 3.05) is 7.11 Å². The van der Waals surface area contributed by atoms with Crippen molar-refractivity contribution in [3.05, 3.63) is 44.8 Å². The molecule has 0 saturated carbocycles. The molecule has 1 rings (SSSR count). The van der Waals surface area contributed by atoms with E-state index in [-0.39, 0.29) is 6.08 Å². The molecule has 0 radical (unpaired) electrons. The number of nitro benzene ring substituents is 1. The molecule has 0 aliphatic heterocycles. The Morgan fingerprint density at radius 1 is 1.19 bits per heavy atom. The molecule has 1 aromatic carbocycles. The molecule has 0 aliphatic carbocycles. The third-order valence-corrected chi connectivity index (χ3v) is 3.32. The van der Waals surface area contributed by atoms with E-state index in [1.165, 1.54) is 0 Å². The van der Waals surface area contributed by atoms with Crippen LogP contribution < -0.4 is 0 Å². The van der Waals surface area contributed by atoms with E-state index in [1.54, 1.807) is 0 Å². The summed E-state index contributed by atoms with van der Waals surface area (Å²) in [6, 6.07) is 3.22. The molecule has 0 heterocycles. The Labute approximate surface area is 114 Å². The van der Waals surface area contributed by atoms with Crippen molar-refractivity contribution < 1.29 is 33.9 Å². The molecule has 0 aromatic heterocycles. The van der Waals surface area contributed by atoms with Crippen molar-refractivity contribution in [3.8, 4) is 0 Å². The number of benzene rings is 1. The largest absolute Gasteiger partial charge is 0.465 e. The van der Waals surface area contributed by atoms with Gasteiger partial charge in [0, 0.05) is 12.1 Å². The summed E-state index contributed by atoms with van der Waals surface area (Å²) in [5, 5.41) is 10.4. The molecule has 21 heavy (non-hydrogen) atoms. The SMILES string of the molecule is COC(=O)/C(=C\c1ccc([N+](=O)[O-])cc1)S(F)(F)(F)(F)F. The van der Waals surface area contributed by atoms with Gasteiger partial charge in [-0.3, -0.25) is 10.1 Å². The van der Waals surface area contributed by atoms with Gasteiger partial charge in [-0.15, -0.1) is 0 Å². The van der Waals surface area contributed by atoms with Gasteiger partial charge in [0.25, 0.3) is 5.69 Å². The van der Waals surface area contributed by atoms with E-state index in [9.17, 15) is 34.3 Å². The zero-order chi connectivity index (χ0) is 16.5. The number of carbonyl (C=O) groups is 1. The van der Waals surface area contributed by atoms with E-state index in [2.05, 4.69) is 4.74 Å². The Morgan fingerprint density at radius 3 is 2.00 bits per heavy atom. The summed E-state index contributed by atoms with van der Waals surface area (Å²) in [6.07, 6.45) is -0.114. The van der Waals surface area contributed by atoms with Gasteiger partial charge in [-0.05, 0) is 23.8 Å². The predicted molar refractivity (Wildman–Crippen MR) is 66.2 cm³/mol. The molecule has 0 aliphatic rings. The minimum absolute atomic E-state index is 0.114. The number of carbonyl (C=O) groups excluding carboxylic acids is 1. The quantitative estimate of drug-likeness (QED) is 0.269. The Hall–Kier alpha value is -2.17. The van der Waals surface area contributed by atoms with Crippen LogP contribution in [0.1, 0.15) is 5.56 Å². The van der Waals surface area contributed by atoms with Gasteiger partial charge < -0.3 is 4.74 Å². The highest BCUT2D eigenvalue weighted by Crippen LogP contribution is 3.02. The molecule has 0 fully saturated rings. The summed E-state index contributed by atoms with van der Waals surface area (Å²) < 4.78 is 67.4. The van der Waals surface area contributed by atoms with Gasteiger partial charge in [-0.1, -0.05) is 19.4 Å². The molecule has 0 unspecified atom stereocenters. The van der Waals surface area contributed by atoms with E-state index >= 15 is 0 Å². The Morgan fingerprint density at radius 2 is 1.67 bits per heavy atom. The molecule has 11 heteroatoms. The zero-order valence-electron chi connectivity index (χ0n) is 10.3. The van der Waals surface area contributed by atoms with Gasteiger partial charge in [0.15, 0.2) is 4.91 Å². The maximum Gasteiger partial charge on any atom is 0.353 e. The van der Waals surface area contributed by atoms with Crippen LogP contribution in [0.2, 0.25) is 0 Å². The van der Waals surface area contributed by atoms with Gasteiger partial charge in [-0.25, -0.2) is 4.79 Å². The average Bonchev–Trinajstić information content (AvgIpc) is 2.32. The first-order valence-corrected chi connectivity index (χ1v) is 6.98. The molecule has 0 saturated heterocycles. The maximum atomic E-state index is 12.7. The minimum Gasteiger partial charge on any atom is -0.465 e. The summed E-state index contributed by atoms with van der Waals surface area (Å²) in [5.41, 5.74) is -0.909. The molecule has 0 atom stereocenters. The smallest absolute Gasteiger partial charge is 0.353 e. The fraction of sp³-hybridized carbons (Fsp3) is 0.100. The maximum absolute atomic E-state index is 12.7. The number of methoxy groups -OCH3 is 1. The third-order valence-electron chi connectivity index (χ3n) is 2.20. The molecule has 1 aromatic rings. The number of esters is 1. The van der Waals surface area contributed by atoms with Gasteiger partial charge in [-0.2, -0.15) is 0 Å². The zero-order valence-corrected chi connectivity index (χ0v) is 11.1. The highest BCUT2D eigenvalue weighted by molar-refractivity contribution is 8.49. The molecule has 118 valence electrons. The number of rotatable bonds is 4. The van der Waals surface area contributed by atoms with Crippen LogP contribution in [0.5, 0.6) is 0 Å². The summed E-state index contributed by atoms with van der Waals surface area (Å²) in [7, 11) is -9.73. The first-order valence-electron chi connectivity index (χ1n) is 5.03. The minimum atomic E-state index is -10.3. The first kappa shape index (κ1) is 16.9. The van der Waals surface area contributed by atoms with Crippen molar-refractivity contribution >= 4 is 28.0 Å².